The second kappa shape index (κ2) is 9.28. The molecule has 0 heterocycles. The number of hydrogen-bond acceptors (Lipinski definition) is 2. The van der Waals surface area contributed by atoms with Crippen LogP contribution in [0.4, 0.5) is 13.2 Å². The topological polar surface area (TPSA) is 21.3 Å². The van der Waals surface area contributed by atoms with Crippen molar-refractivity contribution >= 4 is 11.6 Å². The van der Waals surface area contributed by atoms with Gasteiger partial charge in [0, 0.05) is 11.6 Å². The van der Waals surface area contributed by atoms with Crippen molar-refractivity contribution in [2.45, 2.75) is 25.4 Å². The molecule has 0 radical (unpaired) electrons. The largest absolute Gasteiger partial charge is 0.411 e. The van der Waals surface area contributed by atoms with E-state index >= 15 is 0 Å². The Kier molecular flexibility index (Phi) is 8.07. The summed E-state index contributed by atoms with van der Waals surface area (Å²) in [6.07, 6.45) is -2.04. The fourth-order valence-electron chi connectivity index (χ4n) is 2.20. The lowest BCUT2D eigenvalue weighted by Crippen LogP contribution is -2.22. The van der Waals surface area contributed by atoms with Crippen molar-refractivity contribution in [1.82, 2.24) is 5.32 Å². The van der Waals surface area contributed by atoms with Crippen molar-refractivity contribution in [3.63, 3.8) is 0 Å². The molecule has 0 saturated heterocycles. The zero-order chi connectivity index (χ0) is 15.7. The fourth-order valence-corrected chi connectivity index (χ4v) is 2.41. The second-order valence-corrected chi connectivity index (χ2v) is 5.44. The van der Waals surface area contributed by atoms with Crippen LogP contribution in [-0.2, 0) is 11.2 Å². The molecule has 21 heavy (non-hydrogen) atoms. The van der Waals surface area contributed by atoms with E-state index in [0.29, 0.717) is 12.3 Å². The maximum Gasteiger partial charge on any atom is 0.411 e. The van der Waals surface area contributed by atoms with Crippen molar-refractivity contribution in [1.29, 1.82) is 0 Å². The molecule has 6 heteroatoms. The third kappa shape index (κ3) is 8.29. The Hall–Kier alpha value is -0.780. The van der Waals surface area contributed by atoms with E-state index in [2.05, 4.69) is 10.1 Å². The fraction of sp³-hybridized carbons (Fsp3) is 0.600. The lowest BCUT2D eigenvalue weighted by molar-refractivity contribution is -0.174. The number of alkyl halides is 3. The van der Waals surface area contributed by atoms with E-state index in [0.717, 1.165) is 30.0 Å². The summed E-state index contributed by atoms with van der Waals surface area (Å²) < 4.78 is 40.5. The van der Waals surface area contributed by atoms with Crippen molar-refractivity contribution in [2.75, 3.05) is 26.8 Å². The number of hydrogen-bond donors (Lipinski definition) is 1. The highest BCUT2D eigenvalue weighted by Crippen LogP contribution is 2.21. The lowest BCUT2D eigenvalue weighted by atomic mass is 9.95. The summed E-state index contributed by atoms with van der Waals surface area (Å²) in [5.74, 6) is 0.324. The molecule has 0 bridgehead atoms. The zero-order valence-corrected chi connectivity index (χ0v) is 12.8. The average molecular weight is 324 g/mol. The molecule has 0 aliphatic carbocycles. The van der Waals surface area contributed by atoms with E-state index in [1.165, 1.54) is 0 Å². The van der Waals surface area contributed by atoms with Gasteiger partial charge in [-0.25, -0.2) is 0 Å². The van der Waals surface area contributed by atoms with Crippen LogP contribution in [-0.4, -0.2) is 33.0 Å². The number of benzene rings is 1. The molecule has 1 N–H and O–H groups in total. The highest BCUT2D eigenvalue weighted by molar-refractivity contribution is 6.31. The molecule has 1 unspecified atom stereocenters. The Labute approximate surface area is 128 Å². The first-order chi connectivity index (χ1) is 9.92. The van der Waals surface area contributed by atoms with Gasteiger partial charge in [-0.05, 0) is 50.4 Å². The summed E-state index contributed by atoms with van der Waals surface area (Å²) >= 11 is 6.13. The number of ether oxygens (including phenoxy) is 1. The van der Waals surface area contributed by atoms with E-state index < -0.39 is 12.8 Å². The van der Waals surface area contributed by atoms with E-state index in [1.807, 2.05) is 31.3 Å². The first-order valence-corrected chi connectivity index (χ1v) is 7.32. The number of halogens is 4. The molecule has 0 aromatic heterocycles. The van der Waals surface area contributed by atoms with Crippen LogP contribution in [0.2, 0.25) is 5.02 Å². The minimum Gasteiger partial charge on any atom is -0.372 e. The Morgan fingerprint density at radius 3 is 2.62 bits per heavy atom. The quantitative estimate of drug-likeness (QED) is 0.691. The van der Waals surface area contributed by atoms with Crippen LogP contribution in [0.3, 0.4) is 0 Å². The Morgan fingerprint density at radius 2 is 2.00 bits per heavy atom. The average Bonchev–Trinajstić information content (AvgIpc) is 2.39. The summed E-state index contributed by atoms with van der Waals surface area (Å²) in [5, 5.41) is 3.84. The van der Waals surface area contributed by atoms with Gasteiger partial charge in [-0.3, -0.25) is 0 Å². The Balaban J connectivity index is 2.35. The van der Waals surface area contributed by atoms with Gasteiger partial charge in [0.05, 0.1) is 0 Å². The predicted octanol–water partition coefficient (Wildman–Crippen LogP) is 4.08. The molecule has 0 fully saturated rings. The predicted molar refractivity (Wildman–Crippen MR) is 78.7 cm³/mol. The van der Waals surface area contributed by atoms with Gasteiger partial charge < -0.3 is 10.1 Å². The van der Waals surface area contributed by atoms with E-state index in [9.17, 15) is 13.2 Å². The summed E-state index contributed by atoms with van der Waals surface area (Å²) in [5.41, 5.74) is 1.07. The monoisotopic (exact) mass is 323 g/mol. The Bertz CT molecular complexity index is 412. The molecule has 2 nitrogen and oxygen atoms in total. The molecule has 1 atom stereocenters. The lowest BCUT2D eigenvalue weighted by Gasteiger charge is -2.17. The highest BCUT2D eigenvalue weighted by Gasteiger charge is 2.27. The Morgan fingerprint density at radius 1 is 1.29 bits per heavy atom. The van der Waals surface area contributed by atoms with Gasteiger partial charge in [0.2, 0.25) is 0 Å². The van der Waals surface area contributed by atoms with Gasteiger partial charge in [0.15, 0.2) is 0 Å². The van der Waals surface area contributed by atoms with Crippen LogP contribution in [0.15, 0.2) is 24.3 Å². The minimum atomic E-state index is -4.25. The molecule has 1 rings (SSSR count). The van der Waals surface area contributed by atoms with Crippen molar-refractivity contribution < 1.29 is 17.9 Å². The number of nitrogens with one attached hydrogen (secondary N) is 1. The summed E-state index contributed by atoms with van der Waals surface area (Å²) in [6.45, 7) is -0.249. The highest BCUT2D eigenvalue weighted by atomic mass is 35.5. The normalized spacial score (nSPS) is 13.4. The van der Waals surface area contributed by atoms with Crippen LogP contribution in [0.1, 0.15) is 18.4 Å². The van der Waals surface area contributed by atoms with Gasteiger partial charge in [0.25, 0.3) is 0 Å². The SMILES string of the molecule is CNCC(CCCOCC(F)(F)F)Cc1ccccc1Cl. The summed E-state index contributed by atoms with van der Waals surface area (Å²) in [7, 11) is 1.86. The van der Waals surface area contributed by atoms with Crippen molar-refractivity contribution in [2.24, 2.45) is 5.92 Å². The molecule has 1 aromatic rings. The van der Waals surface area contributed by atoms with Crippen LogP contribution < -0.4 is 5.32 Å². The molecule has 0 aliphatic rings. The maximum atomic E-state index is 11.9. The van der Waals surface area contributed by atoms with Gasteiger partial charge in [0.1, 0.15) is 6.61 Å². The molecule has 1 aromatic carbocycles. The third-order valence-corrected chi connectivity index (χ3v) is 3.49. The van der Waals surface area contributed by atoms with E-state index in [-0.39, 0.29) is 6.61 Å². The molecular formula is C15H21ClF3NO. The standard InChI is InChI=1S/C15H21ClF3NO/c1-20-10-12(5-4-8-21-11-15(17,18)19)9-13-6-2-3-7-14(13)16/h2-3,6-7,12,20H,4-5,8-11H2,1H3. The van der Waals surface area contributed by atoms with Crippen LogP contribution >= 0.6 is 11.6 Å². The van der Waals surface area contributed by atoms with Crippen LogP contribution in [0.5, 0.6) is 0 Å². The zero-order valence-electron chi connectivity index (χ0n) is 12.0. The van der Waals surface area contributed by atoms with Crippen molar-refractivity contribution in [3.05, 3.63) is 34.9 Å². The van der Waals surface area contributed by atoms with E-state index in [1.54, 1.807) is 0 Å². The van der Waals surface area contributed by atoms with Gasteiger partial charge in [-0.15, -0.1) is 0 Å². The first kappa shape index (κ1) is 18.3. The molecule has 0 amide bonds. The van der Waals surface area contributed by atoms with E-state index in [4.69, 9.17) is 11.6 Å². The van der Waals surface area contributed by atoms with Gasteiger partial charge in [-0.2, -0.15) is 13.2 Å². The first-order valence-electron chi connectivity index (χ1n) is 6.95. The van der Waals surface area contributed by atoms with Crippen molar-refractivity contribution in [3.8, 4) is 0 Å². The van der Waals surface area contributed by atoms with Gasteiger partial charge in [-0.1, -0.05) is 29.8 Å². The molecule has 0 saturated carbocycles. The second-order valence-electron chi connectivity index (χ2n) is 5.03. The molecule has 0 aliphatic heterocycles. The van der Waals surface area contributed by atoms with Crippen LogP contribution in [0, 0.1) is 5.92 Å². The number of rotatable bonds is 9. The van der Waals surface area contributed by atoms with Gasteiger partial charge >= 0.3 is 6.18 Å². The summed E-state index contributed by atoms with van der Waals surface area (Å²) in [6, 6.07) is 7.64. The minimum absolute atomic E-state index is 0.127. The molecule has 120 valence electrons. The smallest absolute Gasteiger partial charge is 0.372 e. The van der Waals surface area contributed by atoms with Crippen LogP contribution in [0.25, 0.3) is 0 Å². The molecular weight excluding hydrogens is 303 g/mol. The summed E-state index contributed by atoms with van der Waals surface area (Å²) in [4.78, 5) is 0. The molecule has 0 spiro atoms. The third-order valence-electron chi connectivity index (χ3n) is 3.13. The maximum absolute atomic E-state index is 11.9.